The molecular formula is C15H16ClN3O4S. The molecule has 128 valence electrons. The van der Waals surface area contributed by atoms with E-state index in [4.69, 9.17) is 21.1 Å². The highest BCUT2D eigenvalue weighted by atomic mass is 35.5. The van der Waals surface area contributed by atoms with Crippen LogP contribution in [0.15, 0.2) is 41.6 Å². The third kappa shape index (κ3) is 3.45. The van der Waals surface area contributed by atoms with Gasteiger partial charge in [0.25, 0.3) is 11.8 Å². The van der Waals surface area contributed by atoms with E-state index in [1.54, 1.807) is 12.1 Å². The Morgan fingerprint density at radius 3 is 2.71 bits per heavy atom. The van der Waals surface area contributed by atoms with Crippen molar-refractivity contribution >= 4 is 21.6 Å². The van der Waals surface area contributed by atoms with E-state index in [0.29, 0.717) is 18.0 Å². The van der Waals surface area contributed by atoms with Crippen molar-refractivity contribution in [1.82, 2.24) is 14.3 Å². The molecular weight excluding hydrogens is 354 g/mol. The average Bonchev–Trinajstić information content (AvgIpc) is 3.05. The van der Waals surface area contributed by atoms with Gasteiger partial charge >= 0.3 is 0 Å². The van der Waals surface area contributed by atoms with Crippen LogP contribution in [0.3, 0.4) is 0 Å². The molecule has 0 radical (unpaired) electrons. The number of hydrogen-bond acceptors (Lipinski definition) is 6. The van der Waals surface area contributed by atoms with Crippen LogP contribution >= 0.6 is 11.6 Å². The van der Waals surface area contributed by atoms with Crippen LogP contribution in [0, 0.1) is 0 Å². The summed E-state index contributed by atoms with van der Waals surface area (Å²) in [5.41, 5.74) is 0. The number of halogens is 1. The lowest BCUT2D eigenvalue weighted by Crippen LogP contribution is -2.31. The molecule has 24 heavy (non-hydrogen) atoms. The summed E-state index contributed by atoms with van der Waals surface area (Å²) in [6.07, 6.45) is 3.23. The summed E-state index contributed by atoms with van der Waals surface area (Å²) in [6, 6.07) is 6.22. The highest BCUT2D eigenvalue weighted by molar-refractivity contribution is 7.89. The fraction of sp³-hybridized carbons (Fsp3) is 0.333. The number of rotatable bonds is 5. The lowest BCUT2D eigenvalue weighted by Gasteiger charge is -2.17. The van der Waals surface area contributed by atoms with Gasteiger partial charge < -0.3 is 9.47 Å². The molecule has 1 aromatic carbocycles. The van der Waals surface area contributed by atoms with E-state index in [0.717, 1.165) is 0 Å². The Labute approximate surface area is 145 Å². The van der Waals surface area contributed by atoms with Crippen LogP contribution in [-0.2, 0) is 10.0 Å². The van der Waals surface area contributed by atoms with Crippen LogP contribution in [0.4, 0.5) is 0 Å². The quantitative estimate of drug-likeness (QED) is 0.801. The third-order valence-electron chi connectivity index (χ3n) is 3.65. The van der Waals surface area contributed by atoms with Crippen LogP contribution in [0.1, 0.15) is 6.42 Å². The molecule has 1 aliphatic rings. The van der Waals surface area contributed by atoms with Crippen molar-refractivity contribution in [3.8, 4) is 11.8 Å². The number of sulfonamides is 1. The van der Waals surface area contributed by atoms with E-state index in [9.17, 15) is 8.42 Å². The number of aromatic nitrogens is 2. The third-order valence-corrected chi connectivity index (χ3v) is 5.74. The summed E-state index contributed by atoms with van der Waals surface area (Å²) in [5.74, 6) is 0.528. The topological polar surface area (TPSA) is 81.6 Å². The molecule has 1 unspecified atom stereocenters. The predicted octanol–water partition coefficient (Wildman–Crippen LogP) is 1.98. The van der Waals surface area contributed by atoms with Crippen molar-refractivity contribution in [2.75, 3.05) is 20.2 Å². The van der Waals surface area contributed by atoms with Crippen molar-refractivity contribution in [3.05, 3.63) is 41.7 Å². The molecule has 9 heteroatoms. The normalized spacial score (nSPS) is 18.5. The van der Waals surface area contributed by atoms with Crippen LogP contribution in [0.25, 0.3) is 0 Å². The zero-order chi connectivity index (χ0) is 17.2. The van der Waals surface area contributed by atoms with Crippen molar-refractivity contribution in [3.63, 3.8) is 0 Å². The summed E-state index contributed by atoms with van der Waals surface area (Å²) >= 11 is 5.89. The second-order valence-corrected chi connectivity index (χ2v) is 7.59. The number of nitrogens with zero attached hydrogens (tertiary/aromatic N) is 3. The number of hydrogen-bond donors (Lipinski definition) is 0. The van der Waals surface area contributed by atoms with E-state index >= 15 is 0 Å². The van der Waals surface area contributed by atoms with Crippen LogP contribution in [0.2, 0.25) is 5.02 Å². The molecule has 3 rings (SSSR count). The van der Waals surface area contributed by atoms with E-state index in [2.05, 4.69) is 9.97 Å². The van der Waals surface area contributed by atoms with Gasteiger partial charge in [-0.15, -0.1) is 0 Å². The number of benzene rings is 1. The lowest BCUT2D eigenvalue weighted by atomic mass is 10.3. The van der Waals surface area contributed by atoms with Gasteiger partial charge in [-0.2, -0.15) is 4.31 Å². The molecule has 0 bridgehead atoms. The lowest BCUT2D eigenvalue weighted by molar-refractivity contribution is 0.194. The molecule has 1 atom stereocenters. The maximum atomic E-state index is 12.7. The number of methoxy groups -OCH3 is 1. The molecule has 0 aliphatic carbocycles. The Morgan fingerprint density at radius 2 is 2.00 bits per heavy atom. The standard InChI is InChI=1S/C15H16ClN3O4S/c1-22-14-15(18-7-6-17-14)23-12-5-8-19(10-12)24(20,21)13-4-2-3-11(16)9-13/h2-4,6-7,9,12H,5,8,10H2,1H3. The molecule has 0 spiro atoms. The molecule has 0 amide bonds. The summed E-state index contributed by atoms with van der Waals surface area (Å²) in [6.45, 7) is 0.594. The van der Waals surface area contributed by atoms with Crippen LogP contribution in [-0.4, -0.2) is 49.0 Å². The summed E-state index contributed by atoms with van der Waals surface area (Å²) in [5, 5.41) is 0.382. The van der Waals surface area contributed by atoms with Crippen molar-refractivity contribution in [1.29, 1.82) is 0 Å². The van der Waals surface area contributed by atoms with Gasteiger partial charge in [0.1, 0.15) is 6.10 Å². The fourth-order valence-electron chi connectivity index (χ4n) is 2.48. The minimum absolute atomic E-state index is 0.174. The number of ether oxygens (including phenoxy) is 2. The molecule has 0 N–H and O–H groups in total. The average molecular weight is 370 g/mol. The first kappa shape index (κ1) is 16.9. The first-order valence-electron chi connectivity index (χ1n) is 7.28. The highest BCUT2D eigenvalue weighted by Crippen LogP contribution is 2.27. The second-order valence-electron chi connectivity index (χ2n) is 5.22. The van der Waals surface area contributed by atoms with Gasteiger partial charge in [0.15, 0.2) is 0 Å². The Kier molecular flexibility index (Phi) is 4.88. The highest BCUT2D eigenvalue weighted by Gasteiger charge is 2.34. The predicted molar refractivity (Wildman–Crippen MR) is 87.8 cm³/mol. The van der Waals surface area contributed by atoms with E-state index in [1.807, 2.05) is 0 Å². The van der Waals surface area contributed by atoms with Gasteiger partial charge in [0.2, 0.25) is 10.0 Å². The largest absolute Gasteiger partial charge is 0.477 e. The summed E-state index contributed by atoms with van der Waals surface area (Å²) in [4.78, 5) is 8.26. The molecule has 1 aliphatic heterocycles. The first-order valence-corrected chi connectivity index (χ1v) is 9.10. The van der Waals surface area contributed by atoms with Gasteiger partial charge in [0, 0.05) is 24.0 Å². The minimum atomic E-state index is -3.60. The van der Waals surface area contributed by atoms with Gasteiger partial charge in [0.05, 0.1) is 18.6 Å². The summed E-state index contributed by atoms with van der Waals surface area (Å²) < 4.78 is 37.6. The molecule has 1 aromatic heterocycles. The maximum absolute atomic E-state index is 12.7. The van der Waals surface area contributed by atoms with E-state index in [-0.39, 0.29) is 29.3 Å². The zero-order valence-electron chi connectivity index (χ0n) is 12.9. The summed E-state index contributed by atoms with van der Waals surface area (Å²) in [7, 11) is -2.13. The second kappa shape index (κ2) is 6.92. The van der Waals surface area contributed by atoms with Gasteiger partial charge in [-0.3, -0.25) is 0 Å². The molecule has 2 heterocycles. The Bertz CT molecular complexity index is 831. The van der Waals surface area contributed by atoms with E-state index < -0.39 is 10.0 Å². The van der Waals surface area contributed by atoms with Gasteiger partial charge in [-0.25, -0.2) is 18.4 Å². The molecule has 1 fully saturated rings. The Balaban J connectivity index is 1.73. The molecule has 7 nitrogen and oxygen atoms in total. The monoisotopic (exact) mass is 369 g/mol. The maximum Gasteiger partial charge on any atom is 0.278 e. The SMILES string of the molecule is COc1nccnc1OC1CCN(S(=O)(=O)c2cccc(Cl)c2)C1. The smallest absolute Gasteiger partial charge is 0.278 e. The Morgan fingerprint density at radius 1 is 1.25 bits per heavy atom. The fourth-order valence-corrected chi connectivity index (χ4v) is 4.27. The molecule has 2 aromatic rings. The first-order chi connectivity index (χ1) is 11.5. The zero-order valence-corrected chi connectivity index (χ0v) is 14.5. The Hall–Kier alpha value is -1.90. The molecule has 1 saturated heterocycles. The van der Waals surface area contributed by atoms with Gasteiger partial charge in [-0.1, -0.05) is 17.7 Å². The molecule has 0 saturated carbocycles. The van der Waals surface area contributed by atoms with Gasteiger partial charge in [-0.05, 0) is 24.6 Å². The van der Waals surface area contributed by atoms with Crippen LogP contribution < -0.4 is 9.47 Å². The van der Waals surface area contributed by atoms with Crippen LogP contribution in [0.5, 0.6) is 11.8 Å². The van der Waals surface area contributed by atoms with Crippen molar-refractivity contribution < 1.29 is 17.9 Å². The van der Waals surface area contributed by atoms with Crippen molar-refractivity contribution in [2.24, 2.45) is 0 Å². The minimum Gasteiger partial charge on any atom is -0.477 e. The van der Waals surface area contributed by atoms with E-state index in [1.165, 1.54) is 35.9 Å². The van der Waals surface area contributed by atoms with Crippen molar-refractivity contribution in [2.45, 2.75) is 17.4 Å².